The van der Waals surface area contributed by atoms with Crippen LogP contribution in [0.15, 0.2) is 35.1 Å². The summed E-state index contributed by atoms with van der Waals surface area (Å²) in [6.07, 6.45) is 2.11. The summed E-state index contributed by atoms with van der Waals surface area (Å²) in [6, 6.07) is 5.72. The summed E-state index contributed by atoms with van der Waals surface area (Å²) in [5.41, 5.74) is 0. The molecule has 2 aromatic heterocycles. The fraction of sp³-hybridized carbons (Fsp3) is 0.500. The molecule has 1 saturated heterocycles. The summed E-state index contributed by atoms with van der Waals surface area (Å²) in [6.45, 7) is 1.48. The van der Waals surface area contributed by atoms with Gasteiger partial charge in [0.05, 0.1) is 25.9 Å². The molecule has 2 N–H and O–H groups in total. The van der Waals surface area contributed by atoms with Crippen LogP contribution in [0, 0.1) is 0 Å². The van der Waals surface area contributed by atoms with Crippen LogP contribution in [-0.4, -0.2) is 63.8 Å². The Kier molecular flexibility index (Phi) is 7.67. The number of hydrogen-bond donors (Lipinski definition) is 2. The maximum atomic E-state index is 12.7. The third-order valence-corrected chi connectivity index (χ3v) is 5.03. The highest BCUT2D eigenvalue weighted by Gasteiger charge is 2.38. The first-order valence-corrected chi connectivity index (χ1v) is 10.0. The number of carbonyl (C=O) groups excluding carboxylic acids is 1. The van der Waals surface area contributed by atoms with Crippen LogP contribution in [0.1, 0.15) is 36.9 Å². The van der Waals surface area contributed by atoms with Gasteiger partial charge in [0, 0.05) is 18.8 Å². The summed E-state index contributed by atoms with van der Waals surface area (Å²) in [4.78, 5) is 32.4. The van der Waals surface area contributed by atoms with Gasteiger partial charge in [-0.05, 0) is 37.5 Å². The number of nitrogens with one attached hydrogen (secondary N) is 1. The third kappa shape index (κ3) is 6.42. The molecular formula is C20H23F3N4O5. The highest BCUT2D eigenvalue weighted by molar-refractivity contribution is 5.78. The van der Waals surface area contributed by atoms with Gasteiger partial charge in [-0.15, -0.1) is 0 Å². The van der Waals surface area contributed by atoms with Crippen LogP contribution in [0.4, 0.5) is 19.0 Å². The molecule has 1 aliphatic carbocycles. The van der Waals surface area contributed by atoms with Gasteiger partial charge in [0.1, 0.15) is 17.6 Å². The number of carboxylic acid groups (broad SMARTS) is 1. The van der Waals surface area contributed by atoms with Crippen molar-refractivity contribution < 1.29 is 37.0 Å². The zero-order valence-corrected chi connectivity index (χ0v) is 17.0. The first-order valence-electron chi connectivity index (χ1n) is 10.0. The maximum absolute atomic E-state index is 12.7. The quantitative estimate of drug-likeness (QED) is 0.705. The molecule has 1 unspecified atom stereocenters. The highest BCUT2D eigenvalue weighted by Crippen LogP contribution is 2.25. The first-order chi connectivity index (χ1) is 15.2. The lowest BCUT2D eigenvalue weighted by atomic mass is 9.93. The molecule has 3 heterocycles. The molecule has 2 fully saturated rings. The molecule has 1 saturated carbocycles. The molecule has 4 rings (SSSR count). The van der Waals surface area contributed by atoms with Crippen LogP contribution in [-0.2, 0) is 20.7 Å². The number of nitrogens with zero attached hydrogens (tertiary/aromatic N) is 3. The minimum atomic E-state index is -5.08. The monoisotopic (exact) mass is 456 g/mol. The average Bonchev–Trinajstić information content (AvgIpc) is 3.24. The van der Waals surface area contributed by atoms with Crippen molar-refractivity contribution in [2.24, 2.45) is 0 Å². The molecule has 12 heteroatoms. The fourth-order valence-electron chi connectivity index (χ4n) is 3.16. The molecule has 0 radical (unpaired) electrons. The Bertz CT molecular complexity index is 903. The summed E-state index contributed by atoms with van der Waals surface area (Å²) < 4.78 is 42.6. The number of furan rings is 1. The van der Waals surface area contributed by atoms with Crippen molar-refractivity contribution in [2.75, 3.05) is 25.1 Å². The van der Waals surface area contributed by atoms with Crippen molar-refractivity contribution in [1.82, 2.24) is 14.9 Å². The summed E-state index contributed by atoms with van der Waals surface area (Å²) >= 11 is 0. The number of alkyl halides is 3. The minimum absolute atomic E-state index is 0.00389. The third-order valence-electron chi connectivity index (χ3n) is 5.03. The molecule has 1 atom stereocenters. The standard InChI is InChI=1S/C18H22N4O3.C2HF3O2/c23-17(11-14-5-2-9-25-14)22-8-10-24-12-15(22)18-19-7-6-16(21-18)20-13-3-1-4-13;3-2(4,5)1(6)7/h2,5-7,9,13,15H,1,3-4,8,10-12H2,(H,19,20,21);(H,6,7). The van der Waals surface area contributed by atoms with Crippen molar-refractivity contribution in [3.63, 3.8) is 0 Å². The number of morpholine rings is 1. The van der Waals surface area contributed by atoms with Gasteiger partial charge >= 0.3 is 12.1 Å². The van der Waals surface area contributed by atoms with E-state index < -0.39 is 12.1 Å². The van der Waals surface area contributed by atoms with Gasteiger partial charge in [-0.2, -0.15) is 13.2 Å². The van der Waals surface area contributed by atoms with Crippen molar-refractivity contribution in [2.45, 2.75) is 43.9 Å². The maximum Gasteiger partial charge on any atom is 0.490 e. The second-order valence-corrected chi connectivity index (χ2v) is 7.31. The lowest BCUT2D eigenvalue weighted by Gasteiger charge is -2.34. The average molecular weight is 456 g/mol. The normalized spacial score (nSPS) is 18.8. The number of rotatable bonds is 5. The Morgan fingerprint density at radius 1 is 1.28 bits per heavy atom. The van der Waals surface area contributed by atoms with Crippen LogP contribution in [0.3, 0.4) is 0 Å². The molecule has 2 aliphatic rings. The van der Waals surface area contributed by atoms with E-state index in [1.165, 1.54) is 19.3 Å². The van der Waals surface area contributed by atoms with E-state index >= 15 is 0 Å². The topological polar surface area (TPSA) is 118 Å². The zero-order valence-electron chi connectivity index (χ0n) is 17.0. The number of anilines is 1. The predicted octanol–water partition coefficient (Wildman–Crippen LogP) is 2.81. The molecule has 0 spiro atoms. The second-order valence-electron chi connectivity index (χ2n) is 7.31. The van der Waals surface area contributed by atoms with Crippen molar-refractivity contribution in [3.8, 4) is 0 Å². The summed E-state index contributed by atoms with van der Waals surface area (Å²) in [5.74, 6) is -0.649. The van der Waals surface area contributed by atoms with Gasteiger partial charge in [-0.25, -0.2) is 14.8 Å². The molecular weight excluding hydrogens is 433 g/mol. The number of halogens is 3. The smallest absolute Gasteiger partial charge is 0.475 e. The number of hydrogen-bond acceptors (Lipinski definition) is 7. The molecule has 0 bridgehead atoms. The van der Waals surface area contributed by atoms with Crippen LogP contribution in [0.5, 0.6) is 0 Å². The molecule has 174 valence electrons. The Labute approximate surface area is 181 Å². The fourth-order valence-corrected chi connectivity index (χ4v) is 3.16. The van der Waals surface area contributed by atoms with Crippen LogP contribution in [0.2, 0.25) is 0 Å². The predicted molar refractivity (Wildman–Crippen MR) is 105 cm³/mol. The van der Waals surface area contributed by atoms with Crippen molar-refractivity contribution in [3.05, 3.63) is 42.2 Å². The first kappa shape index (κ1) is 23.5. The van der Waals surface area contributed by atoms with E-state index in [1.807, 2.05) is 12.1 Å². The molecule has 0 aromatic carbocycles. The number of carboxylic acids is 1. The highest BCUT2D eigenvalue weighted by atomic mass is 19.4. The number of amides is 1. The van der Waals surface area contributed by atoms with Gasteiger partial charge in [0.2, 0.25) is 5.91 Å². The lowest BCUT2D eigenvalue weighted by molar-refractivity contribution is -0.192. The Morgan fingerprint density at radius 3 is 2.62 bits per heavy atom. The molecule has 9 nitrogen and oxygen atoms in total. The van der Waals surface area contributed by atoms with Crippen LogP contribution >= 0.6 is 0 Å². The minimum Gasteiger partial charge on any atom is -0.475 e. The van der Waals surface area contributed by atoms with E-state index in [9.17, 15) is 18.0 Å². The van der Waals surface area contributed by atoms with E-state index in [2.05, 4.69) is 15.3 Å². The van der Waals surface area contributed by atoms with E-state index in [1.54, 1.807) is 23.4 Å². The van der Waals surface area contributed by atoms with Crippen molar-refractivity contribution in [1.29, 1.82) is 0 Å². The van der Waals surface area contributed by atoms with Crippen molar-refractivity contribution >= 4 is 17.7 Å². The number of aromatic nitrogens is 2. The Balaban J connectivity index is 0.000000360. The molecule has 1 amide bonds. The largest absolute Gasteiger partial charge is 0.490 e. The van der Waals surface area contributed by atoms with Gasteiger partial charge < -0.3 is 24.5 Å². The van der Waals surface area contributed by atoms with E-state index in [0.717, 1.165) is 5.82 Å². The molecule has 1 aliphatic heterocycles. The lowest BCUT2D eigenvalue weighted by Crippen LogP contribution is -2.44. The molecule has 32 heavy (non-hydrogen) atoms. The van der Waals surface area contributed by atoms with E-state index in [4.69, 9.17) is 19.1 Å². The number of ether oxygens (including phenoxy) is 1. The Morgan fingerprint density at radius 2 is 2.03 bits per heavy atom. The van der Waals surface area contributed by atoms with Crippen LogP contribution in [0.25, 0.3) is 0 Å². The SMILES string of the molecule is O=C(Cc1ccco1)N1CCOCC1c1nccc(NC2CCC2)n1.O=C(O)C(F)(F)F. The summed E-state index contributed by atoms with van der Waals surface area (Å²) in [5, 5.41) is 10.6. The van der Waals surface area contributed by atoms with Crippen LogP contribution < -0.4 is 5.32 Å². The Hall–Kier alpha value is -3.15. The summed E-state index contributed by atoms with van der Waals surface area (Å²) in [7, 11) is 0. The van der Waals surface area contributed by atoms with Gasteiger partial charge in [0.15, 0.2) is 5.82 Å². The molecule has 2 aromatic rings. The van der Waals surface area contributed by atoms with E-state index in [0.29, 0.717) is 37.4 Å². The number of aliphatic carboxylic acids is 1. The van der Waals surface area contributed by atoms with E-state index in [-0.39, 0.29) is 18.4 Å². The second kappa shape index (κ2) is 10.4. The van der Waals surface area contributed by atoms with Gasteiger partial charge in [-0.3, -0.25) is 4.79 Å². The van der Waals surface area contributed by atoms with Gasteiger partial charge in [0.25, 0.3) is 0 Å². The zero-order chi connectivity index (χ0) is 23.1. The number of carbonyl (C=O) groups is 2. The van der Waals surface area contributed by atoms with Gasteiger partial charge in [-0.1, -0.05) is 0 Å².